The third kappa shape index (κ3) is 7.99. The highest BCUT2D eigenvalue weighted by molar-refractivity contribution is 7.92. The fourth-order valence-corrected chi connectivity index (χ4v) is 5.91. The highest BCUT2D eigenvalue weighted by atomic mass is 35.5. The van der Waals surface area contributed by atoms with E-state index in [1.165, 1.54) is 35.2 Å². The molecule has 0 aliphatic rings. The Morgan fingerprint density at radius 2 is 1.60 bits per heavy atom. The lowest BCUT2D eigenvalue weighted by Crippen LogP contribution is -2.52. The molecule has 3 aromatic rings. The van der Waals surface area contributed by atoms with Crippen molar-refractivity contribution >= 4 is 50.7 Å². The van der Waals surface area contributed by atoms with Crippen LogP contribution in [0.4, 0.5) is 5.69 Å². The molecule has 0 fully saturated rings. The van der Waals surface area contributed by atoms with Crippen LogP contribution in [-0.4, -0.2) is 44.3 Å². The highest BCUT2D eigenvalue weighted by Crippen LogP contribution is 2.31. The lowest BCUT2D eigenvalue weighted by Gasteiger charge is -2.33. The molecule has 0 aromatic heterocycles. The molecule has 1 atom stereocenters. The van der Waals surface area contributed by atoms with Gasteiger partial charge in [0, 0.05) is 13.1 Å². The summed E-state index contributed by atoms with van der Waals surface area (Å²) in [6.07, 6.45) is 2.09. The lowest BCUT2D eigenvalue weighted by molar-refractivity contribution is -0.140. The van der Waals surface area contributed by atoms with Gasteiger partial charge in [-0.1, -0.05) is 91.5 Å². The maximum absolute atomic E-state index is 14.0. The molecule has 0 saturated heterocycles. The van der Waals surface area contributed by atoms with E-state index in [0.29, 0.717) is 13.0 Å². The van der Waals surface area contributed by atoms with E-state index in [1.54, 1.807) is 12.1 Å². The van der Waals surface area contributed by atoms with E-state index in [2.05, 4.69) is 5.32 Å². The van der Waals surface area contributed by atoms with E-state index in [1.807, 2.05) is 51.1 Å². The number of carbonyl (C=O) groups is 2. The van der Waals surface area contributed by atoms with E-state index in [-0.39, 0.29) is 33.1 Å². The number of benzene rings is 3. The second-order valence-electron chi connectivity index (χ2n) is 9.50. The fraction of sp³-hybridized carbons (Fsp3) is 0.333. The summed E-state index contributed by atoms with van der Waals surface area (Å²) in [4.78, 5) is 28.7. The minimum absolute atomic E-state index is 0.0240. The molecule has 40 heavy (non-hydrogen) atoms. The average Bonchev–Trinajstić information content (AvgIpc) is 2.94. The molecule has 0 aliphatic carbocycles. The van der Waals surface area contributed by atoms with Crippen LogP contribution in [-0.2, 0) is 26.2 Å². The summed E-state index contributed by atoms with van der Waals surface area (Å²) in [5.74, 6) is -0.800. The van der Waals surface area contributed by atoms with E-state index in [4.69, 9.17) is 23.2 Å². The minimum atomic E-state index is -4.19. The van der Waals surface area contributed by atoms with Gasteiger partial charge in [0.2, 0.25) is 11.8 Å². The summed E-state index contributed by atoms with van der Waals surface area (Å²) < 4.78 is 28.8. The van der Waals surface area contributed by atoms with Crippen molar-refractivity contribution in [2.24, 2.45) is 0 Å². The number of nitrogens with zero attached hydrogens (tertiary/aromatic N) is 2. The molecule has 0 heterocycles. The van der Waals surface area contributed by atoms with Gasteiger partial charge >= 0.3 is 0 Å². The lowest BCUT2D eigenvalue weighted by atomic mass is 10.1. The molecular weight excluding hydrogens is 569 g/mol. The number of rotatable bonds is 13. The third-order valence-corrected chi connectivity index (χ3v) is 9.02. The van der Waals surface area contributed by atoms with Crippen molar-refractivity contribution in [3.8, 4) is 0 Å². The molecule has 0 bridgehead atoms. The first-order chi connectivity index (χ1) is 19.1. The number of carbonyl (C=O) groups excluding carboxylic acids is 2. The van der Waals surface area contributed by atoms with Crippen LogP contribution in [0.3, 0.4) is 0 Å². The van der Waals surface area contributed by atoms with Gasteiger partial charge < -0.3 is 10.2 Å². The van der Waals surface area contributed by atoms with Crippen LogP contribution in [0.5, 0.6) is 0 Å². The summed E-state index contributed by atoms with van der Waals surface area (Å²) >= 11 is 12.4. The Bertz CT molecular complexity index is 1400. The van der Waals surface area contributed by atoms with Gasteiger partial charge in [-0.3, -0.25) is 13.9 Å². The standard InChI is InChI=1S/C30H35Cl2N3O4S/c1-4-6-18-33-30(37)28(5-2)34(20-23-10-8-7-9-11-23)29(36)21-35(24-14-17-26(31)27(32)19-24)40(38,39)25-15-12-22(3)13-16-25/h7-17,19,28H,4-6,18,20-21H2,1-3H3,(H,33,37)/t28-/m0/s1. The minimum Gasteiger partial charge on any atom is -0.354 e. The van der Waals surface area contributed by atoms with Crippen LogP contribution < -0.4 is 9.62 Å². The quantitative estimate of drug-likeness (QED) is 0.235. The van der Waals surface area contributed by atoms with E-state index < -0.39 is 28.5 Å². The molecule has 0 spiro atoms. The number of anilines is 1. The van der Waals surface area contributed by atoms with Crippen molar-refractivity contribution in [1.29, 1.82) is 0 Å². The zero-order valence-corrected chi connectivity index (χ0v) is 25.3. The predicted octanol–water partition coefficient (Wildman–Crippen LogP) is 6.22. The molecule has 3 aromatic carbocycles. The van der Waals surface area contributed by atoms with Gasteiger partial charge in [0.15, 0.2) is 0 Å². The van der Waals surface area contributed by atoms with Gasteiger partial charge in [-0.2, -0.15) is 0 Å². The maximum Gasteiger partial charge on any atom is 0.264 e. The molecular formula is C30H35Cl2N3O4S. The first kappa shape index (κ1) is 31.5. The summed E-state index contributed by atoms with van der Waals surface area (Å²) in [5.41, 5.74) is 1.89. The molecule has 0 aliphatic heterocycles. The Morgan fingerprint density at radius 1 is 0.925 bits per heavy atom. The van der Waals surface area contributed by atoms with E-state index in [9.17, 15) is 18.0 Å². The SMILES string of the molecule is CCCCNC(=O)[C@H](CC)N(Cc1ccccc1)C(=O)CN(c1ccc(Cl)c(Cl)c1)S(=O)(=O)c1ccc(C)cc1. The van der Waals surface area contributed by atoms with Crippen molar-refractivity contribution in [2.45, 2.75) is 57.5 Å². The number of nitrogens with one attached hydrogen (secondary N) is 1. The highest BCUT2D eigenvalue weighted by Gasteiger charge is 2.33. The molecule has 0 radical (unpaired) electrons. The number of unbranched alkanes of at least 4 members (excludes halogenated alkanes) is 1. The summed E-state index contributed by atoms with van der Waals surface area (Å²) in [6, 6.07) is 19.3. The maximum atomic E-state index is 14.0. The smallest absolute Gasteiger partial charge is 0.264 e. The molecule has 7 nitrogen and oxygen atoms in total. The second kappa shape index (κ2) is 14.5. The van der Waals surface area contributed by atoms with E-state index in [0.717, 1.165) is 28.3 Å². The molecule has 3 rings (SSSR count). The third-order valence-electron chi connectivity index (χ3n) is 6.49. The van der Waals surface area contributed by atoms with Crippen LogP contribution >= 0.6 is 23.2 Å². The number of amides is 2. The van der Waals surface area contributed by atoms with Crippen LogP contribution in [0, 0.1) is 6.92 Å². The Balaban J connectivity index is 2.04. The van der Waals surface area contributed by atoms with Gasteiger partial charge in [-0.05, 0) is 55.7 Å². The van der Waals surface area contributed by atoms with Gasteiger partial charge in [-0.15, -0.1) is 0 Å². The summed E-state index contributed by atoms with van der Waals surface area (Å²) in [6.45, 7) is 5.81. The van der Waals surface area contributed by atoms with Crippen molar-refractivity contribution in [3.63, 3.8) is 0 Å². The summed E-state index contributed by atoms with van der Waals surface area (Å²) in [7, 11) is -4.19. The predicted molar refractivity (Wildman–Crippen MR) is 161 cm³/mol. The molecule has 10 heteroatoms. The van der Waals surface area contributed by atoms with E-state index >= 15 is 0 Å². The fourth-order valence-electron chi connectivity index (χ4n) is 4.21. The Morgan fingerprint density at radius 3 is 2.20 bits per heavy atom. The van der Waals surface area contributed by atoms with Crippen LogP contribution in [0.2, 0.25) is 10.0 Å². The van der Waals surface area contributed by atoms with Crippen molar-refractivity contribution in [2.75, 3.05) is 17.4 Å². The van der Waals surface area contributed by atoms with Gasteiger partial charge in [0.25, 0.3) is 10.0 Å². The van der Waals surface area contributed by atoms with Crippen LogP contribution in [0.1, 0.15) is 44.2 Å². The Labute approximate surface area is 247 Å². The van der Waals surface area contributed by atoms with Gasteiger partial charge in [-0.25, -0.2) is 8.42 Å². The Kier molecular flexibility index (Phi) is 11.4. The number of hydrogen-bond donors (Lipinski definition) is 1. The Hall–Kier alpha value is -3.07. The molecule has 0 unspecified atom stereocenters. The summed E-state index contributed by atoms with van der Waals surface area (Å²) in [5, 5.41) is 3.33. The van der Waals surface area contributed by atoms with Crippen LogP contribution in [0.15, 0.2) is 77.7 Å². The number of halogens is 2. The monoisotopic (exact) mass is 603 g/mol. The van der Waals surface area contributed by atoms with Gasteiger partial charge in [0.05, 0.1) is 20.6 Å². The van der Waals surface area contributed by atoms with Gasteiger partial charge in [0.1, 0.15) is 12.6 Å². The number of aryl methyl sites for hydroxylation is 1. The number of sulfonamides is 1. The first-order valence-electron chi connectivity index (χ1n) is 13.2. The van der Waals surface area contributed by atoms with Crippen molar-refractivity contribution in [1.82, 2.24) is 10.2 Å². The van der Waals surface area contributed by atoms with Crippen LogP contribution in [0.25, 0.3) is 0 Å². The molecule has 0 saturated carbocycles. The zero-order valence-electron chi connectivity index (χ0n) is 22.9. The second-order valence-corrected chi connectivity index (χ2v) is 12.2. The average molecular weight is 605 g/mol. The van der Waals surface area contributed by atoms with Crippen molar-refractivity contribution in [3.05, 3.63) is 94.0 Å². The topological polar surface area (TPSA) is 86.8 Å². The normalized spacial score (nSPS) is 12.0. The van der Waals surface area contributed by atoms with Crippen molar-refractivity contribution < 1.29 is 18.0 Å². The first-order valence-corrected chi connectivity index (χ1v) is 15.4. The molecule has 2 amide bonds. The molecule has 214 valence electrons. The largest absolute Gasteiger partial charge is 0.354 e. The molecule has 1 N–H and O–H groups in total. The zero-order chi connectivity index (χ0) is 29.3. The number of hydrogen-bond acceptors (Lipinski definition) is 4.